The van der Waals surface area contributed by atoms with Crippen molar-refractivity contribution in [2.24, 2.45) is 4.99 Å². The minimum absolute atomic E-state index is 0.00456. The molecule has 1 fully saturated rings. The molecule has 0 aromatic heterocycles. The van der Waals surface area contributed by atoms with Crippen LogP contribution in [0.3, 0.4) is 0 Å². The topological polar surface area (TPSA) is 263 Å². The van der Waals surface area contributed by atoms with Crippen LogP contribution in [0.15, 0.2) is 52.4 Å². The van der Waals surface area contributed by atoms with Gasteiger partial charge in [-0.2, -0.15) is 0 Å². The van der Waals surface area contributed by atoms with Gasteiger partial charge in [-0.15, -0.1) is 5.06 Å². The number of methoxy groups -OCH3 is 1. The van der Waals surface area contributed by atoms with Gasteiger partial charge in [-0.1, -0.05) is 34.1 Å². The average molecular weight is 1300 g/mol. The fourth-order valence-corrected chi connectivity index (χ4v) is 11.2. The van der Waals surface area contributed by atoms with Crippen molar-refractivity contribution in [1.29, 1.82) is 0 Å². The monoisotopic (exact) mass is 1300 g/mol. The fourth-order valence-electron chi connectivity index (χ4n) is 10.6. The van der Waals surface area contributed by atoms with Crippen LogP contribution in [0.2, 0.25) is 0 Å². The zero-order valence-electron chi connectivity index (χ0n) is 54.5. The molecule has 1 N–H and O–H groups in total. The quantitative estimate of drug-likeness (QED) is 0.0436. The van der Waals surface area contributed by atoms with E-state index in [0.717, 1.165) is 34.0 Å². The Morgan fingerprint density at radius 2 is 1.09 bits per heavy atom. The number of nitrogens with one attached hydrogen (secondary N) is 1. The van der Waals surface area contributed by atoms with E-state index in [1.54, 1.807) is 24.1 Å². The zero-order valence-corrected chi connectivity index (χ0v) is 55.3. The summed E-state index contributed by atoms with van der Waals surface area (Å²) in [6.45, 7) is 23.2. The Balaban J connectivity index is 0.855. The maximum atomic E-state index is 15.4. The predicted octanol–water partition coefficient (Wildman–Crippen LogP) is 5.27. The summed E-state index contributed by atoms with van der Waals surface area (Å²) in [6, 6.07) is 12.9. The van der Waals surface area contributed by atoms with Gasteiger partial charge in [0.05, 0.1) is 168 Å². The highest BCUT2D eigenvalue weighted by Crippen LogP contribution is 2.48. The molecule has 0 saturated carbocycles. The van der Waals surface area contributed by atoms with Gasteiger partial charge < -0.3 is 76.6 Å². The van der Waals surface area contributed by atoms with Crippen LogP contribution in [0.1, 0.15) is 113 Å². The first-order valence-electron chi connectivity index (χ1n) is 31.8. The molecule has 0 aliphatic carbocycles. The Labute approximate surface area is 535 Å². The molecule has 3 amide bonds. The van der Waals surface area contributed by atoms with Crippen LogP contribution >= 0.6 is 0 Å². The first-order valence-corrected chi connectivity index (χ1v) is 33.7. The molecule has 506 valence electrons. The predicted molar refractivity (Wildman–Crippen MR) is 336 cm³/mol. The van der Waals surface area contributed by atoms with Crippen LogP contribution in [0.5, 0.6) is 11.5 Å². The van der Waals surface area contributed by atoms with Crippen molar-refractivity contribution in [2.45, 2.75) is 108 Å². The molecule has 2 unspecified atom stereocenters. The smallest absolute Gasteiger partial charge is 0.333 e. The molecule has 1 saturated heterocycles. The van der Waals surface area contributed by atoms with E-state index in [9.17, 15) is 22.8 Å². The largest absolute Gasteiger partial charge is 0.456 e. The van der Waals surface area contributed by atoms with Crippen molar-refractivity contribution in [3.8, 4) is 11.5 Å². The minimum atomic E-state index is -3.78. The summed E-state index contributed by atoms with van der Waals surface area (Å²) in [7, 11) is -2.14. The minimum Gasteiger partial charge on any atom is -0.456 e. The Morgan fingerprint density at radius 1 is 0.593 bits per heavy atom. The summed E-state index contributed by atoms with van der Waals surface area (Å²) >= 11 is 0. The van der Waals surface area contributed by atoms with E-state index < -0.39 is 27.6 Å². The summed E-state index contributed by atoms with van der Waals surface area (Å²) in [5.74, 6) is -1.06. The van der Waals surface area contributed by atoms with Crippen molar-refractivity contribution in [3.05, 3.63) is 80.9 Å². The fraction of sp³-hybridized carbons (Fsp3) is 0.652. The zero-order chi connectivity index (χ0) is 65.2. The lowest BCUT2D eigenvalue weighted by Gasteiger charge is -2.29. The second kappa shape index (κ2) is 36.8. The lowest BCUT2D eigenvalue weighted by molar-refractivity contribution is -0.197. The third-order valence-electron chi connectivity index (χ3n) is 16.6. The van der Waals surface area contributed by atoms with E-state index in [1.165, 1.54) is 6.07 Å². The van der Waals surface area contributed by atoms with Gasteiger partial charge in [0.2, 0.25) is 0 Å². The number of amides is 3. The number of imide groups is 1. The van der Waals surface area contributed by atoms with Gasteiger partial charge in [-0.3, -0.25) is 19.4 Å². The van der Waals surface area contributed by atoms with Gasteiger partial charge in [0, 0.05) is 102 Å². The van der Waals surface area contributed by atoms with E-state index in [4.69, 9.17) is 71.4 Å². The van der Waals surface area contributed by atoms with Crippen LogP contribution in [0.25, 0.3) is 5.57 Å². The number of carbonyl (C=O) groups excluding carboxylic acids is 4. The Bertz CT molecular complexity index is 3090. The summed E-state index contributed by atoms with van der Waals surface area (Å²) in [5.41, 5.74) is 4.47. The molecule has 91 heavy (non-hydrogen) atoms. The maximum absolute atomic E-state index is 15.4. The molecule has 0 spiro atoms. The number of hydroxylamine groups is 2. The van der Waals surface area contributed by atoms with Gasteiger partial charge in [-0.25, -0.2) is 13.2 Å². The van der Waals surface area contributed by atoms with Crippen LogP contribution in [0, 0.1) is 0 Å². The van der Waals surface area contributed by atoms with Crippen molar-refractivity contribution in [1.82, 2.24) is 9.96 Å². The van der Waals surface area contributed by atoms with Gasteiger partial charge in [0.1, 0.15) is 11.5 Å². The van der Waals surface area contributed by atoms with Crippen molar-refractivity contribution in [2.75, 3.05) is 184 Å². The van der Waals surface area contributed by atoms with Gasteiger partial charge in [-0.05, 0) is 73.7 Å². The third-order valence-corrected chi connectivity index (χ3v) is 17.7. The van der Waals surface area contributed by atoms with Crippen molar-refractivity contribution in [3.63, 3.8) is 0 Å². The number of benzene rings is 3. The van der Waals surface area contributed by atoms with Crippen LogP contribution < -0.4 is 20.6 Å². The summed E-state index contributed by atoms with van der Waals surface area (Å²) in [4.78, 5) is 64.1. The van der Waals surface area contributed by atoms with E-state index in [1.807, 2.05) is 12.1 Å². The van der Waals surface area contributed by atoms with Crippen LogP contribution in [-0.4, -0.2) is 233 Å². The third kappa shape index (κ3) is 21.5. The number of nitrogens with zero attached hydrogens (tertiary/aromatic N) is 3. The Kier molecular flexibility index (Phi) is 29.5. The van der Waals surface area contributed by atoms with Gasteiger partial charge in [0.15, 0.2) is 9.84 Å². The second-order valence-electron chi connectivity index (χ2n) is 23.7. The lowest BCUT2D eigenvalue weighted by Crippen LogP contribution is -2.36. The highest BCUT2D eigenvalue weighted by atomic mass is 32.2. The highest BCUT2D eigenvalue weighted by molar-refractivity contribution is 7.90. The summed E-state index contributed by atoms with van der Waals surface area (Å²) < 4.78 is 100. The molecule has 3 aromatic carbocycles. The molecule has 25 heteroatoms. The SMILES string of the molecule is COCCOCCOCCOCCOCCOCCOCCOCCOCCOCCOCCOCCN(CCCCCC(=O)ON1C(=O)CCC1=O)C(=O)c1ccc(S(C)(=O)=O)cc1C1=c2cc3c(cc2Oc2cc4c(cc21)C(C)(C)C(C)N4)=NC(C)C3(C)C. The average Bonchev–Trinajstić information content (AvgIpc) is 1.73. The van der Waals surface area contributed by atoms with Crippen molar-refractivity contribution < 1.29 is 94.0 Å². The summed E-state index contributed by atoms with van der Waals surface area (Å²) in [6.07, 6.45) is 2.45. The highest BCUT2D eigenvalue weighted by Gasteiger charge is 2.40. The molecule has 4 heterocycles. The van der Waals surface area contributed by atoms with Crippen LogP contribution in [-0.2, 0) is 96.7 Å². The normalized spacial score (nSPS) is 16.9. The molecule has 4 aliphatic heterocycles. The first-order chi connectivity index (χ1) is 43.8. The molecule has 24 nitrogen and oxygen atoms in total. The number of unbranched alkanes of at least 4 members (excludes halogenated alkanes) is 2. The number of carbonyl (C=O) groups is 4. The van der Waals surface area contributed by atoms with Crippen molar-refractivity contribution >= 4 is 44.8 Å². The number of rotatable bonds is 46. The molecule has 2 atom stereocenters. The molecule has 0 radical (unpaired) electrons. The van der Waals surface area contributed by atoms with Gasteiger partial charge >= 0.3 is 5.97 Å². The Morgan fingerprint density at radius 3 is 1.58 bits per heavy atom. The molecule has 7 rings (SSSR count). The molecular weight excluding hydrogens is 1200 g/mol. The number of fused-ring (bicyclic) bond motifs is 4. The lowest BCUT2D eigenvalue weighted by atomic mass is 9.78. The number of hydrogen-bond acceptors (Lipinski definition) is 22. The number of ether oxygens (including phenoxy) is 13. The molecular formula is C66H96N4O20S. The second-order valence-corrected chi connectivity index (χ2v) is 25.7. The van der Waals surface area contributed by atoms with E-state index >= 15 is 4.79 Å². The van der Waals surface area contributed by atoms with E-state index in [0.29, 0.717) is 184 Å². The molecule has 0 bridgehead atoms. The number of hydrogen-bond donors (Lipinski definition) is 1. The molecule has 3 aromatic rings. The standard InChI is InChI=1S/C66H96N4O20S/c1-47-65(3,4)54-43-52-58(45-56(54)67-47)89-59-46-57-55(66(5,6)48(2)68-57)44-53(59)63(52)51-42-49(91(8,75)76)13-14-50(51)64(74)69(17-11-9-10-12-62(73)90-70-60(71)15-16-61(70)72)18-19-78-22-23-80-26-27-82-30-31-84-34-35-86-38-39-88-41-40-87-37-36-85-33-32-83-29-28-81-25-24-79-21-20-77-7/h13-14,42-48,67H,9-12,15-41H2,1-8H3. The summed E-state index contributed by atoms with van der Waals surface area (Å²) in [5, 5.41) is 5.69. The maximum Gasteiger partial charge on any atom is 0.333 e. The van der Waals surface area contributed by atoms with Gasteiger partial charge in [0.25, 0.3) is 17.7 Å². The number of anilines is 1. The molecule has 4 aliphatic rings. The van der Waals surface area contributed by atoms with E-state index in [-0.39, 0.29) is 91.5 Å². The Hall–Kier alpha value is -5.52. The first kappa shape index (κ1) is 72.9. The van der Waals surface area contributed by atoms with E-state index in [2.05, 4.69) is 59.0 Å². The number of sulfone groups is 1. The van der Waals surface area contributed by atoms with Crippen LogP contribution in [0.4, 0.5) is 5.69 Å².